The third-order valence-corrected chi connectivity index (χ3v) is 3.00. The summed E-state index contributed by atoms with van der Waals surface area (Å²) in [6.07, 6.45) is 6.12. The van der Waals surface area contributed by atoms with Crippen molar-refractivity contribution in [2.24, 2.45) is 4.99 Å². The van der Waals surface area contributed by atoms with E-state index in [1.54, 1.807) is 13.0 Å². The van der Waals surface area contributed by atoms with Gasteiger partial charge in [0.15, 0.2) is 11.8 Å². The number of halogens is 1. The highest BCUT2D eigenvalue weighted by Gasteiger charge is 2.10. The fourth-order valence-corrected chi connectivity index (χ4v) is 1.80. The first kappa shape index (κ1) is 15.9. The van der Waals surface area contributed by atoms with Gasteiger partial charge in [-0.25, -0.2) is 4.99 Å². The van der Waals surface area contributed by atoms with Gasteiger partial charge in [0.2, 0.25) is 0 Å². The van der Waals surface area contributed by atoms with Crippen molar-refractivity contribution in [2.75, 3.05) is 24.2 Å². The largest absolute Gasteiger partial charge is 0.463 e. The number of hydrogen-bond acceptors (Lipinski definition) is 6. The van der Waals surface area contributed by atoms with E-state index in [4.69, 9.17) is 10.5 Å². The molecule has 0 spiro atoms. The summed E-state index contributed by atoms with van der Waals surface area (Å²) < 4.78 is 18.5. The van der Waals surface area contributed by atoms with Crippen LogP contribution in [0, 0.1) is 6.92 Å². The predicted molar refractivity (Wildman–Crippen MR) is 85.8 cm³/mol. The second kappa shape index (κ2) is 7.53. The highest BCUT2D eigenvalue weighted by atomic mass is 19.1. The lowest BCUT2D eigenvalue weighted by atomic mass is 10.2. The fraction of sp³-hybridized carbons (Fsp3) is 0.400. The third-order valence-electron chi connectivity index (χ3n) is 3.00. The van der Waals surface area contributed by atoms with E-state index in [2.05, 4.69) is 20.3 Å². The SMILES string of the molecule is CCCOc1nc(C)c(N)c(NCC2=CN=C(F)CC=C2)n1. The lowest BCUT2D eigenvalue weighted by molar-refractivity contribution is 0.292. The van der Waals surface area contributed by atoms with Crippen molar-refractivity contribution in [3.05, 3.63) is 29.6 Å². The first-order valence-corrected chi connectivity index (χ1v) is 7.18. The summed E-state index contributed by atoms with van der Waals surface area (Å²) in [5.74, 6) is 0.0977. The Bertz CT molecular complexity index is 625. The molecule has 0 fully saturated rings. The summed E-state index contributed by atoms with van der Waals surface area (Å²) >= 11 is 0. The van der Waals surface area contributed by atoms with E-state index < -0.39 is 5.97 Å². The molecule has 1 aliphatic heterocycles. The number of rotatable bonds is 6. The molecule has 0 amide bonds. The number of allylic oxidation sites excluding steroid dienone is 1. The van der Waals surface area contributed by atoms with Gasteiger partial charge in [0, 0.05) is 19.2 Å². The van der Waals surface area contributed by atoms with Crippen LogP contribution >= 0.6 is 0 Å². The van der Waals surface area contributed by atoms with Gasteiger partial charge < -0.3 is 15.8 Å². The highest BCUT2D eigenvalue weighted by Crippen LogP contribution is 2.22. The Morgan fingerprint density at radius 3 is 3.00 bits per heavy atom. The Labute approximate surface area is 129 Å². The van der Waals surface area contributed by atoms with E-state index >= 15 is 0 Å². The zero-order chi connectivity index (χ0) is 15.9. The number of anilines is 2. The van der Waals surface area contributed by atoms with E-state index in [9.17, 15) is 4.39 Å². The van der Waals surface area contributed by atoms with Gasteiger partial charge in [-0.05, 0) is 18.9 Å². The van der Waals surface area contributed by atoms with Crippen LogP contribution in [0.5, 0.6) is 6.01 Å². The summed E-state index contributed by atoms with van der Waals surface area (Å²) in [5.41, 5.74) is 7.93. The van der Waals surface area contributed by atoms with Gasteiger partial charge in [-0.15, -0.1) is 0 Å². The first-order chi connectivity index (χ1) is 10.6. The van der Waals surface area contributed by atoms with Gasteiger partial charge in [-0.3, -0.25) is 0 Å². The molecule has 0 aliphatic carbocycles. The highest BCUT2D eigenvalue weighted by molar-refractivity contribution is 5.77. The van der Waals surface area contributed by atoms with Crippen LogP contribution in [0.3, 0.4) is 0 Å². The van der Waals surface area contributed by atoms with Crippen molar-refractivity contribution in [1.29, 1.82) is 0 Å². The Kier molecular flexibility index (Phi) is 5.46. The quantitative estimate of drug-likeness (QED) is 0.844. The van der Waals surface area contributed by atoms with Crippen LogP contribution in [0.2, 0.25) is 0 Å². The lowest BCUT2D eigenvalue weighted by Gasteiger charge is -2.12. The number of nitrogens with zero attached hydrogens (tertiary/aromatic N) is 3. The monoisotopic (exact) mass is 305 g/mol. The zero-order valence-electron chi connectivity index (χ0n) is 12.8. The predicted octanol–water partition coefficient (Wildman–Crippen LogP) is 2.78. The Morgan fingerprint density at radius 2 is 2.23 bits per heavy atom. The Morgan fingerprint density at radius 1 is 1.41 bits per heavy atom. The van der Waals surface area contributed by atoms with Crippen molar-refractivity contribution in [2.45, 2.75) is 26.7 Å². The molecular weight excluding hydrogens is 285 g/mol. The Balaban J connectivity index is 2.10. The van der Waals surface area contributed by atoms with Gasteiger partial charge in [0.25, 0.3) is 0 Å². The van der Waals surface area contributed by atoms with Crippen LogP contribution in [0.15, 0.2) is 28.9 Å². The molecular formula is C15H20FN5O. The normalized spacial score (nSPS) is 14.1. The molecule has 0 radical (unpaired) electrons. The van der Waals surface area contributed by atoms with Crippen LogP contribution in [0.25, 0.3) is 0 Å². The molecule has 2 heterocycles. The topological polar surface area (TPSA) is 85.4 Å². The molecule has 1 aromatic rings. The Hall–Kier alpha value is -2.44. The van der Waals surface area contributed by atoms with Crippen molar-refractivity contribution < 1.29 is 9.13 Å². The van der Waals surface area contributed by atoms with Crippen molar-refractivity contribution in [1.82, 2.24) is 9.97 Å². The van der Waals surface area contributed by atoms with E-state index in [0.717, 1.165) is 12.0 Å². The van der Waals surface area contributed by atoms with Crippen LogP contribution in [-0.2, 0) is 0 Å². The molecule has 1 aromatic heterocycles. The van der Waals surface area contributed by atoms with Crippen molar-refractivity contribution in [3.63, 3.8) is 0 Å². The number of ether oxygens (including phenoxy) is 1. The minimum atomic E-state index is -0.404. The van der Waals surface area contributed by atoms with Gasteiger partial charge in [-0.2, -0.15) is 14.4 Å². The van der Waals surface area contributed by atoms with Crippen molar-refractivity contribution in [3.8, 4) is 6.01 Å². The van der Waals surface area contributed by atoms with E-state index in [-0.39, 0.29) is 6.42 Å². The molecule has 0 saturated carbocycles. The van der Waals surface area contributed by atoms with Gasteiger partial charge in [0.1, 0.15) is 0 Å². The molecule has 3 N–H and O–H groups in total. The zero-order valence-corrected chi connectivity index (χ0v) is 12.8. The summed E-state index contributed by atoms with van der Waals surface area (Å²) in [6, 6.07) is 0.297. The molecule has 6 nitrogen and oxygen atoms in total. The molecule has 7 heteroatoms. The number of aromatic nitrogens is 2. The second-order valence-corrected chi connectivity index (χ2v) is 4.87. The molecule has 1 aliphatic rings. The van der Waals surface area contributed by atoms with Crippen LogP contribution in [0.1, 0.15) is 25.5 Å². The molecule has 2 rings (SSSR count). The van der Waals surface area contributed by atoms with Crippen molar-refractivity contribution >= 4 is 17.5 Å². The fourth-order valence-electron chi connectivity index (χ4n) is 1.80. The van der Waals surface area contributed by atoms with E-state index in [1.807, 2.05) is 13.0 Å². The summed E-state index contributed by atoms with van der Waals surface area (Å²) in [5, 5.41) is 3.12. The molecule has 0 aromatic carbocycles. The summed E-state index contributed by atoms with van der Waals surface area (Å²) in [6.45, 7) is 4.78. The first-order valence-electron chi connectivity index (χ1n) is 7.18. The summed E-state index contributed by atoms with van der Waals surface area (Å²) in [4.78, 5) is 12.2. The van der Waals surface area contributed by atoms with Gasteiger partial charge in [0.05, 0.1) is 18.0 Å². The minimum Gasteiger partial charge on any atom is -0.463 e. The van der Waals surface area contributed by atoms with E-state index in [1.165, 1.54) is 6.20 Å². The van der Waals surface area contributed by atoms with Gasteiger partial charge in [-0.1, -0.05) is 19.1 Å². The molecule has 0 saturated heterocycles. The van der Waals surface area contributed by atoms with E-state index in [0.29, 0.717) is 36.4 Å². The number of nitrogens with two attached hydrogens (primary N) is 1. The van der Waals surface area contributed by atoms with Gasteiger partial charge >= 0.3 is 6.01 Å². The maximum absolute atomic E-state index is 13.0. The van der Waals surface area contributed by atoms with Crippen LogP contribution in [-0.4, -0.2) is 29.1 Å². The average Bonchev–Trinajstić information content (AvgIpc) is 2.71. The molecule has 0 unspecified atom stereocenters. The molecule has 22 heavy (non-hydrogen) atoms. The molecule has 118 valence electrons. The van der Waals surface area contributed by atoms with Crippen LogP contribution in [0.4, 0.5) is 15.9 Å². The smallest absolute Gasteiger partial charge is 0.318 e. The van der Waals surface area contributed by atoms with Crippen LogP contribution < -0.4 is 15.8 Å². The molecule has 0 bridgehead atoms. The standard InChI is InChI=1S/C15H20FN5O/c1-3-7-22-15-20-10(2)13(17)14(21-15)19-9-11-5-4-6-12(16)18-8-11/h4-5,8H,3,6-7,9,17H2,1-2H3,(H,19,20,21). The third kappa shape index (κ3) is 4.28. The number of nitrogens with one attached hydrogen (secondary N) is 1. The average molecular weight is 305 g/mol. The number of aliphatic imine (C=N–C) groups is 1. The number of nitrogen functional groups attached to an aromatic ring is 1. The molecule has 0 atom stereocenters. The maximum atomic E-state index is 13.0. The maximum Gasteiger partial charge on any atom is 0.318 e. The summed E-state index contributed by atoms with van der Waals surface area (Å²) in [7, 11) is 0. The minimum absolute atomic E-state index is 0.212. The number of hydrogen-bond donors (Lipinski definition) is 2. The second-order valence-electron chi connectivity index (χ2n) is 4.87. The lowest BCUT2D eigenvalue weighted by Crippen LogP contribution is -2.11. The number of aryl methyl sites for hydroxylation is 1.